The summed E-state index contributed by atoms with van der Waals surface area (Å²) in [5.41, 5.74) is 0. The fourth-order valence-electron chi connectivity index (χ4n) is 9.65. The second kappa shape index (κ2) is 64.2. The Labute approximate surface area is 512 Å². The van der Waals surface area contributed by atoms with E-state index in [4.69, 9.17) is 18.9 Å². The van der Waals surface area contributed by atoms with E-state index in [1.54, 1.807) is 0 Å². The second-order valence-electron chi connectivity index (χ2n) is 24.1. The number of allylic oxidation sites excluding steroid dienone is 16. The fraction of sp³-hybridized carbons (Fsp3) is 0.743. The molecule has 0 fully saturated rings. The Morgan fingerprint density at radius 1 is 0.361 bits per heavy atom. The number of ether oxygens (including phenoxy) is 4. The predicted molar refractivity (Wildman–Crippen MR) is 355 cm³/mol. The zero-order valence-electron chi connectivity index (χ0n) is 54.6. The maximum absolute atomic E-state index is 12.9. The van der Waals surface area contributed by atoms with Crippen LogP contribution in [0.5, 0.6) is 0 Å². The highest BCUT2D eigenvalue weighted by molar-refractivity contribution is 5.71. The summed E-state index contributed by atoms with van der Waals surface area (Å²) in [5, 5.41) is 9.72. The number of quaternary nitrogens is 1. The monoisotopic (exact) mass is 1160 g/mol. The van der Waals surface area contributed by atoms with Crippen LogP contribution in [-0.2, 0) is 33.3 Å². The molecule has 0 bridgehead atoms. The number of unbranched alkanes of at least 4 members (excludes halogenated alkanes) is 32. The van der Waals surface area contributed by atoms with Crippen molar-refractivity contribution in [3.05, 3.63) is 97.2 Å². The highest BCUT2D eigenvalue weighted by atomic mass is 16.7. The first-order chi connectivity index (χ1) is 40.6. The number of rotatable bonds is 63. The highest BCUT2D eigenvalue weighted by Gasteiger charge is 2.25. The molecule has 0 rings (SSSR count). The molecule has 9 nitrogen and oxygen atoms in total. The van der Waals surface area contributed by atoms with Crippen molar-refractivity contribution in [2.45, 2.75) is 309 Å². The Hall–Kier alpha value is -3.79. The maximum Gasteiger partial charge on any atom is 0.361 e. The van der Waals surface area contributed by atoms with Crippen LogP contribution in [0.4, 0.5) is 0 Å². The molecule has 0 aromatic carbocycles. The predicted octanol–water partition coefficient (Wildman–Crippen LogP) is 21.2. The van der Waals surface area contributed by atoms with Crippen molar-refractivity contribution in [3.63, 3.8) is 0 Å². The number of carbonyl (C=O) groups is 3. The first-order valence-corrected chi connectivity index (χ1v) is 34.4. The molecule has 0 saturated heterocycles. The minimum Gasteiger partial charge on any atom is -0.477 e. The van der Waals surface area contributed by atoms with Crippen molar-refractivity contribution in [1.29, 1.82) is 0 Å². The number of hydrogen-bond donors (Lipinski definition) is 1. The van der Waals surface area contributed by atoms with Crippen LogP contribution in [0.15, 0.2) is 97.2 Å². The van der Waals surface area contributed by atoms with E-state index in [2.05, 4.69) is 111 Å². The zero-order chi connectivity index (χ0) is 60.5. The molecule has 0 amide bonds. The van der Waals surface area contributed by atoms with Crippen molar-refractivity contribution in [3.8, 4) is 0 Å². The lowest BCUT2D eigenvalue weighted by molar-refractivity contribution is -0.870. The van der Waals surface area contributed by atoms with Gasteiger partial charge < -0.3 is 28.5 Å². The third kappa shape index (κ3) is 65.6. The first-order valence-electron chi connectivity index (χ1n) is 34.4. The second-order valence-corrected chi connectivity index (χ2v) is 24.1. The van der Waals surface area contributed by atoms with Gasteiger partial charge in [-0.1, -0.05) is 291 Å². The molecule has 0 heterocycles. The number of likely N-dealkylation sites (N-methyl/N-ethyl adjacent to an activating group) is 1. The molecule has 0 aromatic rings. The van der Waals surface area contributed by atoms with E-state index in [0.717, 1.165) is 103 Å². The van der Waals surface area contributed by atoms with Crippen LogP contribution in [0, 0.1) is 0 Å². The van der Waals surface area contributed by atoms with E-state index in [1.807, 2.05) is 21.1 Å². The Balaban J connectivity index is 3.97. The van der Waals surface area contributed by atoms with Crippen LogP contribution in [0.25, 0.3) is 0 Å². The Kier molecular flexibility index (Phi) is 61.3. The van der Waals surface area contributed by atoms with E-state index >= 15 is 0 Å². The largest absolute Gasteiger partial charge is 0.477 e. The van der Waals surface area contributed by atoms with Gasteiger partial charge in [-0.3, -0.25) is 9.59 Å². The number of carbonyl (C=O) groups excluding carboxylic acids is 2. The van der Waals surface area contributed by atoms with Crippen molar-refractivity contribution in [1.82, 2.24) is 0 Å². The number of hydrogen-bond acceptors (Lipinski definition) is 7. The van der Waals surface area contributed by atoms with Gasteiger partial charge in [-0.15, -0.1) is 0 Å². The van der Waals surface area contributed by atoms with E-state index in [-0.39, 0.29) is 32.2 Å². The van der Waals surface area contributed by atoms with E-state index < -0.39 is 24.3 Å². The summed E-state index contributed by atoms with van der Waals surface area (Å²) >= 11 is 0. The highest BCUT2D eigenvalue weighted by Crippen LogP contribution is 2.18. The zero-order valence-corrected chi connectivity index (χ0v) is 54.6. The lowest BCUT2D eigenvalue weighted by atomic mass is 10.0. The van der Waals surface area contributed by atoms with Crippen LogP contribution >= 0.6 is 0 Å². The van der Waals surface area contributed by atoms with Crippen molar-refractivity contribution in [2.75, 3.05) is 47.5 Å². The van der Waals surface area contributed by atoms with Crippen molar-refractivity contribution >= 4 is 17.9 Å². The molecule has 0 aliphatic heterocycles. The van der Waals surface area contributed by atoms with Crippen LogP contribution in [0.2, 0.25) is 0 Å². The summed E-state index contributed by atoms with van der Waals surface area (Å²) in [5.74, 6) is -2.01. The third-order valence-corrected chi connectivity index (χ3v) is 14.8. The van der Waals surface area contributed by atoms with Gasteiger partial charge in [0.1, 0.15) is 13.2 Å². The topological polar surface area (TPSA) is 108 Å². The molecule has 2 unspecified atom stereocenters. The molecule has 0 saturated carbocycles. The maximum atomic E-state index is 12.9. The third-order valence-electron chi connectivity index (χ3n) is 14.8. The molecule has 0 spiro atoms. The van der Waals surface area contributed by atoms with Crippen LogP contribution in [0.3, 0.4) is 0 Å². The number of esters is 2. The minimum absolute atomic E-state index is 0.185. The lowest BCUT2D eigenvalue weighted by Crippen LogP contribution is -2.40. The molecule has 0 radical (unpaired) electrons. The van der Waals surface area contributed by atoms with Crippen LogP contribution < -0.4 is 0 Å². The van der Waals surface area contributed by atoms with Gasteiger partial charge in [0, 0.05) is 12.8 Å². The van der Waals surface area contributed by atoms with Crippen molar-refractivity contribution < 1.29 is 42.9 Å². The summed E-state index contributed by atoms with van der Waals surface area (Å²) in [6, 6.07) is 0. The lowest BCUT2D eigenvalue weighted by Gasteiger charge is -2.25. The normalized spacial score (nSPS) is 13.3. The molecule has 0 aliphatic rings. The van der Waals surface area contributed by atoms with E-state index in [0.29, 0.717) is 17.4 Å². The van der Waals surface area contributed by atoms with Gasteiger partial charge in [0.25, 0.3) is 6.29 Å². The average molecular weight is 1160 g/mol. The Bertz CT molecular complexity index is 1680. The van der Waals surface area contributed by atoms with Gasteiger partial charge in [-0.05, 0) is 89.9 Å². The molecular formula is C74H130NO8+. The minimum atomic E-state index is -1.51. The Morgan fingerprint density at radius 3 is 0.964 bits per heavy atom. The quantitative estimate of drug-likeness (QED) is 0.0211. The first kappa shape index (κ1) is 79.2. The van der Waals surface area contributed by atoms with Crippen molar-refractivity contribution in [2.24, 2.45) is 0 Å². The van der Waals surface area contributed by atoms with Gasteiger partial charge in [0.05, 0.1) is 34.4 Å². The Morgan fingerprint density at radius 2 is 0.651 bits per heavy atom. The smallest absolute Gasteiger partial charge is 0.361 e. The number of carboxylic acids is 1. The summed E-state index contributed by atoms with van der Waals surface area (Å²) in [4.78, 5) is 37.5. The van der Waals surface area contributed by atoms with Gasteiger partial charge in [-0.25, -0.2) is 4.79 Å². The van der Waals surface area contributed by atoms with Crippen LogP contribution in [0.1, 0.15) is 296 Å². The van der Waals surface area contributed by atoms with E-state index in [1.165, 1.54) is 167 Å². The molecular weight excluding hydrogens is 1030 g/mol. The van der Waals surface area contributed by atoms with Crippen LogP contribution in [-0.4, -0.2) is 87.4 Å². The van der Waals surface area contributed by atoms with Gasteiger partial charge in [-0.2, -0.15) is 0 Å². The molecule has 2 atom stereocenters. The number of aliphatic carboxylic acids is 1. The standard InChI is InChI=1S/C74H129NO8/c1-6-8-10-12-14-16-18-20-22-24-25-26-27-28-29-30-31-32-33-34-35-36-37-38-39-40-41-42-43-44-45-46-47-49-51-53-55-57-59-61-63-65-72(77)83-70(69-82-74(73(78)79)80-67-66-75(3,4)5)68-81-71(76)64-62-60-58-56-54-52-50-48-23-21-19-17-15-13-11-9-7-2/h8-11,14-17,20-23,25-26,28-29,70,74H,6-7,12-13,18-19,24,27,30-69H2,1-5H3/p+1/b10-8-,11-9-,16-14-,17-15-,22-20-,23-21-,26-25-,29-28-. The number of carboxylic acid groups (broad SMARTS) is 1. The summed E-state index contributed by atoms with van der Waals surface area (Å²) < 4.78 is 22.9. The average Bonchev–Trinajstić information content (AvgIpc) is 3.46. The van der Waals surface area contributed by atoms with Gasteiger partial charge in [0.2, 0.25) is 0 Å². The fourth-order valence-corrected chi connectivity index (χ4v) is 9.65. The molecule has 83 heavy (non-hydrogen) atoms. The molecule has 0 aromatic heterocycles. The molecule has 478 valence electrons. The van der Waals surface area contributed by atoms with Gasteiger partial charge in [0.15, 0.2) is 6.10 Å². The molecule has 9 heteroatoms. The summed E-state index contributed by atoms with van der Waals surface area (Å²) in [6.07, 6.45) is 85.4. The van der Waals surface area contributed by atoms with Gasteiger partial charge >= 0.3 is 17.9 Å². The summed E-state index contributed by atoms with van der Waals surface area (Å²) in [7, 11) is 5.97. The SMILES string of the molecule is CC/C=C\C/C=C\C/C=C\C/C=C\C/C=C\CCCCCCCCCCCCCCCCCCCCCCCCCCCC(=O)OC(COC(=O)CCCCCCCCC/C=C\C/C=C\C/C=C\CC)COC(OCC[N+](C)(C)C)C(=O)O. The summed E-state index contributed by atoms with van der Waals surface area (Å²) in [6.45, 7) is 4.66. The number of nitrogens with zero attached hydrogens (tertiary/aromatic N) is 1. The van der Waals surface area contributed by atoms with E-state index in [9.17, 15) is 19.5 Å². The molecule has 0 aliphatic carbocycles. The molecule has 1 N–H and O–H groups in total.